The molecule has 0 heterocycles. The molecule has 0 atom stereocenters. The molecule has 0 unspecified atom stereocenters. The topological polar surface area (TPSA) is 70.9 Å². The van der Waals surface area contributed by atoms with Crippen LogP contribution < -0.4 is 10.2 Å². The number of phenolic OH excluding ortho intramolecular Hbond substituents is 1. The van der Waals surface area contributed by atoms with Crippen LogP contribution in [0.2, 0.25) is 10.0 Å². The average molecular weight is 353 g/mol. The molecule has 120 valence electrons. The summed E-state index contributed by atoms with van der Waals surface area (Å²) in [5.74, 6) is -0.364. The summed E-state index contributed by atoms with van der Waals surface area (Å²) in [6.07, 6.45) is 1.38. The van der Waals surface area contributed by atoms with Gasteiger partial charge in [-0.15, -0.1) is 0 Å². The number of aryl methyl sites for hydroxylation is 1. The molecule has 2 N–H and O–H groups in total. The first-order chi connectivity index (χ1) is 10.9. The molecule has 23 heavy (non-hydrogen) atoms. The van der Waals surface area contributed by atoms with Crippen molar-refractivity contribution in [1.29, 1.82) is 0 Å². The van der Waals surface area contributed by atoms with Crippen molar-refractivity contribution in [1.82, 2.24) is 5.43 Å². The molecular weight excluding hydrogens is 339 g/mol. The van der Waals surface area contributed by atoms with Gasteiger partial charge in [0.1, 0.15) is 0 Å². The van der Waals surface area contributed by atoms with Crippen molar-refractivity contribution in [3.63, 3.8) is 0 Å². The van der Waals surface area contributed by atoms with Gasteiger partial charge in [0.25, 0.3) is 5.91 Å². The number of hydrogen-bond donors (Lipinski definition) is 2. The highest BCUT2D eigenvalue weighted by atomic mass is 35.5. The number of nitrogens with one attached hydrogen (secondary N) is 1. The predicted octanol–water partition coefficient (Wildman–Crippen LogP) is 3.78. The van der Waals surface area contributed by atoms with E-state index in [9.17, 15) is 9.90 Å². The molecule has 2 rings (SSSR count). The summed E-state index contributed by atoms with van der Waals surface area (Å²) in [4.78, 5) is 12.0. The van der Waals surface area contributed by atoms with Crippen LogP contribution in [0.4, 0.5) is 0 Å². The summed E-state index contributed by atoms with van der Waals surface area (Å²) in [5, 5.41) is 14.0. The standard InChI is InChI=1S/C16H14Cl2N2O3/c1-9-3-4-11(12(17)5-9)16(22)20-19-8-10-6-13(18)15(21)14(7-10)23-2/h3-8,21H,1-2H3,(H,20,22)/b19-8-. The van der Waals surface area contributed by atoms with Crippen LogP contribution in [0.3, 0.4) is 0 Å². The number of hydrazone groups is 1. The molecule has 2 aromatic rings. The van der Waals surface area contributed by atoms with Gasteiger partial charge in [-0.3, -0.25) is 4.79 Å². The lowest BCUT2D eigenvalue weighted by molar-refractivity contribution is 0.0955. The maximum Gasteiger partial charge on any atom is 0.272 e. The number of aromatic hydroxyl groups is 1. The minimum atomic E-state index is -0.428. The minimum absolute atomic E-state index is 0.124. The zero-order chi connectivity index (χ0) is 17.0. The summed E-state index contributed by atoms with van der Waals surface area (Å²) < 4.78 is 4.99. The Morgan fingerprint density at radius 2 is 2.00 bits per heavy atom. The second-order valence-electron chi connectivity index (χ2n) is 4.74. The number of halogens is 2. The van der Waals surface area contributed by atoms with Crippen LogP contribution in [-0.2, 0) is 0 Å². The van der Waals surface area contributed by atoms with E-state index in [1.165, 1.54) is 25.5 Å². The van der Waals surface area contributed by atoms with E-state index in [2.05, 4.69) is 10.5 Å². The Kier molecular flexibility index (Phi) is 5.47. The fourth-order valence-corrected chi connectivity index (χ4v) is 2.39. The third kappa shape index (κ3) is 4.15. The lowest BCUT2D eigenvalue weighted by Crippen LogP contribution is -2.18. The Morgan fingerprint density at radius 1 is 1.26 bits per heavy atom. The first-order valence-electron chi connectivity index (χ1n) is 6.58. The van der Waals surface area contributed by atoms with Gasteiger partial charge in [-0.25, -0.2) is 5.43 Å². The lowest BCUT2D eigenvalue weighted by Gasteiger charge is -2.06. The number of hydrogen-bond acceptors (Lipinski definition) is 4. The number of methoxy groups -OCH3 is 1. The van der Waals surface area contributed by atoms with Gasteiger partial charge in [-0.05, 0) is 42.3 Å². The number of ether oxygens (including phenoxy) is 1. The van der Waals surface area contributed by atoms with E-state index in [1.54, 1.807) is 18.2 Å². The molecule has 1 amide bonds. The van der Waals surface area contributed by atoms with Crippen LogP contribution in [0, 0.1) is 6.92 Å². The monoisotopic (exact) mass is 352 g/mol. The van der Waals surface area contributed by atoms with Crippen molar-refractivity contribution in [2.75, 3.05) is 7.11 Å². The van der Waals surface area contributed by atoms with E-state index in [0.29, 0.717) is 16.1 Å². The zero-order valence-corrected chi connectivity index (χ0v) is 13.9. The first-order valence-corrected chi connectivity index (χ1v) is 7.34. The third-order valence-electron chi connectivity index (χ3n) is 3.02. The molecule has 0 aliphatic carbocycles. The van der Waals surface area contributed by atoms with E-state index in [-0.39, 0.29) is 16.5 Å². The molecule has 0 spiro atoms. The number of carbonyl (C=O) groups is 1. The quantitative estimate of drug-likeness (QED) is 0.649. The number of amides is 1. The molecule has 0 saturated heterocycles. The zero-order valence-electron chi connectivity index (χ0n) is 12.4. The summed E-state index contributed by atoms with van der Waals surface area (Å²) in [6.45, 7) is 1.88. The van der Waals surface area contributed by atoms with Crippen LogP contribution >= 0.6 is 23.2 Å². The Morgan fingerprint density at radius 3 is 2.65 bits per heavy atom. The number of nitrogens with zero attached hydrogens (tertiary/aromatic N) is 1. The summed E-state index contributed by atoms with van der Waals surface area (Å²) in [5.41, 5.74) is 4.22. The molecule has 0 saturated carbocycles. The predicted molar refractivity (Wildman–Crippen MR) is 90.9 cm³/mol. The molecule has 0 aliphatic heterocycles. The normalized spacial score (nSPS) is 10.8. The van der Waals surface area contributed by atoms with E-state index < -0.39 is 5.91 Å². The summed E-state index contributed by atoms with van der Waals surface area (Å²) in [7, 11) is 1.41. The SMILES string of the molecule is COc1cc(/C=N\NC(=O)c2ccc(C)cc2Cl)cc(Cl)c1O. The van der Waals surface area contributed by atoms with Gasteiger partial charge in [0, 0.05) is 0 Å². The van der Waals surface area contributed by atoms with Crippen molar-refractivity contribution < 1.29 is 14.6 Å². The first kappa shape index (κ1) is 17.1. The van der Waals surface area contributed by atoms with Gasteiger partial charge in [0.15, 0.2) is 11.5 Å². The molecule has 2 aromatic carbocycles. The van der Waals surface area contributed by atoms with Crippen molar-refractivity contribution in [3.8, 4) is 11.5 Å². The maximum absolute atomic E-state index is 12.0. The van der Waals surface area contributed by atoms with Gasteiger partial charge < -0.3 is 9.84 Å². The van der Waals surface area contributed by atoms with Gasteiger partial charge in [0.2, 0.25) is 0 Å². The van der Waals surface area contributed by atoms with Gasteiger partial charge in [-0.1, -0.05) is 29.3 Å². The number of benzene rings is 2. The lowest BCUT2D eigenvalue weighted by atomic mass is 10.1. The average Bonchev–Trinajstić information content (AvgIpc) is 2.50. The highest BCUT2D eigenvalue weighted by Crippen LogP contribution is 2.34. The maximum atomic E-state index is 12.0. The molecule has 0 fully saturated rings. The molecule has 7 heteroatoms. The molecule has 5 nitrogen and oxygen atoms in total. The van der Waals surface area contributed by atoms with Crippen LogP contribution in [0.5, 0.6) is 11.5 Å². The molecule has 0 aromatic heterocycles. The Hall–Kier alpha value is -2.24. The molecule has 0 radical (unpaired) electrons. The fraction of sp³-hybridized carbons (Fsp3) is 0.125. The van der Waals surface area contributed by atoms with E-state index >= 15 is 0 Å². The molecular formula is C16H14Cl2N2O3. The number of carbonyl (C=O) groups excluding carboxylic acids is 1. The van der Waals surface area contributed by atoms with Crippen LogP contribution in [0.1, 0.15) is 21.5 Å². The van der Waals surface area contributed by atoms with Crippen molar-refractivity contribution in [2.45, 2.75) is 6.92 Å². The van der Waals surface area contributed by atoms with Crippen molar-refractivity contribution >= 4 is 35.3 Å². The number of rotatable bonds is 4. The minimum Gasteiger partial charge on any atom is -0.503 e. The second-order valence-corrected chi connectivity index (χ2v) is 5.55. The van der Waals surface area contributed by atoms with Crippen LogP contribution in [0.15, 0.2) is 35.4 Å². The largest absolute Gasteiger partial charge is 0.503 e. The second kappa shape index (κ2) is 7.35. The van der Waals surface area contributed by atoms with Crippen molar-refractivity contribution in [2.24, 2.45) is 5.10 Å². The smallest absolute Gasteiger partial charge is 0.272 e. The van der Waals surface area contributed by atoms with E-state index in [1.807, 2.05) is 6.92 Å². The van der Waals surface area contributed by atoms with E-state index in [0.717, 1.165) is 5.56 Å². The van der Waals surface area contributed by atoms with Crippen LogP contribution in [-0.4, -0.2) is 24.3 Å². The molecule has 0 aliphatic rings. The van der Waals surface area contributed by atoms with Crippen LogP contribution in [0.25, 0.3) is 0 Å². The van der Waals surface area contributed by atoms with Gasteiger partial charge in [-0.2, -0.15) is 5.10 Å². The summed E-state index contributed by atoms with van der Waals surface area (Å²) in [6, 6.07) is 8.15. The Balaban J connectivity index is 2.12. The number of phenols is 1. The van der Waals surface area contributed by atoms with E-state index in [4.69, 9.17) is 27.9 Å². The highest BCUT2D eigenvalue weighted by Gasteiger charge is 2.10. The Bertz CT molecular complexity index is 776. The third-order valence-corrected chi connectivity index (χ3v) is 3.62. The Labute approximate surface area is 143 Å². The van der Waals surface area contributed by atoms with Crippen molar-refractivity contribution in [3.05, 3.63) is 57.1 Å². The fourth-order valence-electron chi connectivity index (χ4n) is 1.85. The van der Waals surface area contributed by atoms with Gasteiger partial charge >= 0.3 is 0 Å². The highest BCUT2D eigenvalue weighted by molar-refractivity contribution is 6.34. The summed E-state index contributed by atoms with van der Waals surface area (Å²) >= 11 is 11.9. The molecule has 0 bridgehead atoms. The van der Waals surface area contributed by atoms with Gasteiger partial charge in [0.05, 0.1) is 28.9 Å².